The van der Waals surface area contributed by atoms with Crippen LogP contribution in [0.5, 0.6) is 0 Å². The number of non-ortho nitro benzene ring substituents is 1. The predicted molar refractivity (Wildman–Crippen MR) is 103 cm³/mol. The first-order valence-electron chi connectivity index (χ1n) is 8.93. The molecule has 4 rings (SSSR count). The summed E-state index contributed by atoms with van der Waals surface area (Å²) in [7, 11) is -3.75. The maximum Gasteiger partial charge on any atom is 0.271 e. The molecule has 1 fully saturated rings. The van der Waals surface area contributed by atoms with Crippen molar-refractivity contribution in [3.63, 3.8) is 0 Å². The van der Waals surface area contributed by atoms with Crippen molar-refractivity contribution in [3.8, 4) is 0 Å². The molecule has 1 saturated heterocycles. The number of hydrogen-bond acceptors (Lipinski definition) is 6. The maximum absolute atomic E-state index is 13.4. The molecule has 9 nitrogen and oxygen atoms in total. The minimum atomic E-state index is -3.75. The van der Waals surface area contributed by atoms with Crippen molar-refractivity contribution in [1.82, 2.24) is 19.0 Å². The van der Waals surface area contributed by atoms with E-state index in [1.165, 1.54) is 34.6 Å². The van der Waals surface area contributed by atoms with Gasteiger partial charge in [-0.1, -0.05) is 6.07 Å². The number of rotatable bonds is 5. The van der Waals surface area contributed by atoms with E-state index in [1.54, 1.807) is 16.9 Å². The summed E-state index contributed by atoms with van der Waals surface area (Å²) < 4.78 is 41.8. The molecule has 11 heteroatoms. The van der Waals surface area contributed by atoms with Crippen LogP contribution in [-0.4, -0.2) is 58.5 Å². The van der Waals surface area contributed by atoms with Crippen molar-refractivity contribution in [2.75, 3.05) is 26.2 Å². The summed E-state index contributed by atoms with van der Waals surface area (Å²) in [5.74, 6) is -0.593. The van der Waals surface area contributed by atoms with Gasteiger partial charge >= 0.3 is 0 Å². The van der Waals surface area contributed by atoms with Gasteiger partial charge in [-0.3, -0.25) is 19.7 Å². The molecule has 2 heterocycles. The Morgan fingerprint density at radius 1 is 1.10 bits per heavy atom. The molecule has 3 aromatic rings. The van der Waals surface area contributed by atoms with Gasteiger partial charge in [-0.15, -0.1) is 0 Å². The van der Waals surface area contributed by atoms with Crippen LogP contribution < -0.4 is 0 Å². The number of nitro benzene ring substituents is 1. The Hall–Kier alpha value is -2.89. The number of nitro groups is 1. The predicted octanol–water partition coefficient (Wildman–Crippen LogP) is 2.05. The lowest BCUT2D eigenvalue weighted by molar-refractivity contribution is -0.384. The molecule has 0 radical (unpaired) electrons. The Bertz CT molecular complexity index is 1170. The fourth-order valence-corrected chi connectivity index (χ4v) is 4.82. The third-order valence-corrected chi connectivity index (χ3v) is 6.83. The quantitative estimate of drug-likeness (QED) is 0.463. The monoisotopic (exact) mass is 419 g/mol. The van der Waals surface area contributed by atoms with Gasteiger partial charge in [0.15, 0.2) is 0 Å². The van der Waals surface area contributed by atoms with Crippen LogP contribution in [0.2, 0.25) is 0 Å². The third-order valence-electron chi connectivity index (χ3n) is 4.94. The Morgan fingerprint density at radius 2 is 1.86 bits per heavy atom. The van der Waals surface area contributed by atoms with Crippen LogP contribution in [0.1, 0.15) is 0 Å². The molecule has 0 amide bonds. The Labute approximate surface area is 166 Å². The number of fused-ring (bicyclic) bond motifs is 1. The van der Waals surface area contributed by atoms with E-state index >= 15 is 0 Å². The van der Waals surface area contributed by atoms with Crippen molar-refractivity contribution in [2.24, 2.45) is 0 Å². The number of hydrogen-bond donors (Lipinski definition) is 0. The summed E-state index contributed by atoms with van der Waals surface area (Å²) >= 11 is 0. The number of benzene rings is 2. The summed E-state index contributed by atoms with van der Waals surface area (Å²) in [4.78, 5) is 12.5. The zero-order valence-electron chi connectivity index (χ0n) is 15.3. The molecule has 29 heavy (non-hydrogen) atoms. The number of sulfonamides is 1. The van der Waals surface area contributed by atoms with E-state index in [-0.39, 0.29) is 23.7 Å². The molecule has 152 valence electrons. The first-order chi connectivity index (χ1) is 13.8. The molecule has 2 aromatic carbocycles. The normalized spacial score (nSPS) is 16.3. The highest BCUT2D eigenvalue weighted by molar-refractivity contribution is 7.89. The molecule has 1 aliphatic rings. The minimum absolute atomic E-state index is 0.00902. The molecular weight excluding hydrogens is 401 g/mol. The average Bonchev–Trinajstić information content (AvgIpc) is 3.10. The Balaban J connectivity index is 1.46. The van der Waals surface area contributed by atoms with Crippen LogP contribution in [0, 0.1) is 15.9 Å². The number of halogens is 1. The lowest BCUT2D eigenvalue weighted by Gasteiger charge is -2.33. The van der Waals surface area contributed by atoms with Gasteiger partial charge in [0.25, 0.3) is 5.69 Å². The van der Waals surface area contributed by atoms with Gasteiger partial charge < -0.3 is 0 Å². The molecule has 0 spiro atoms. The molecule has 0 unspecified atom stereocenters. The highest BCUT2D eigenvalue weighted by Crippen LogP contribution is 2.22. The van der Waals surface area contributed by atoms with Crippen LogP contribution in [-0.2, 0) is 16.7 Å². The van der Waals surface area contributed by atoms with Gasteiger partial charge in [-0.2, -0.15) is 9.40 Å². The summed E-state index contributed by atoms with van der Waals surface area (Å²) in [5.41, 5.74) is 0.638. The van der Waals surface area contributed by atoms with Crippen molar-refractivity contribution in [3.05, 3.63) is 64.6 Å². The zero-order valence-corrected chi connectivity index (χ0v) is 16.1. The average molecular weight is 419 g/mol. The standard InChI is InChI=1S/C18H18FN5O4S/c19-15-2-1-3-17(10-15)29(27,28)22-8-6-21(7-9-22)13-23-18-11-16(24(25)26)5-4-14(18)12-20-23/h1-5,10-12H,6-9,13H2. The second-order valence-corrected chi connectivity index (χ2v) is 8.70. The summed E-state index contributed by atoms with van der Waals surface area (Å²) in [6.07, 6.45) is 1.64. The van der Waals surface area contributed by atoms with Crippen LogP contribution in [0.3, 0.4) is 0 Å². The number of nitrogens with zero attached hydrogens (tertiary/aromatic N) is 5. The molecule has 1 aromatic heterocycles. The highest BCUT2D eigenvalue weighted by atomic mass is 32.2. The molecule has 0 N–H and O–H groups in total. The first-order valence-corrected chi connectivity index (χ1v) is 10.4. The number of aromatic nitrogens is 2. The zero-order chi connectivity index (χ0) is 20.6. The fourth-order valence-electron chi connectivity index (χ4n) is 3.36. The minimum Gasteiger partial charge on any atom is -0.282 e. The number of piperazine rings is 1. The lowest BCUT2D eigenvalue weighted by atomic mass is 10.2. The van der Waals surface area contributed by atoms with Gasteiger partial charge in [0.05, 0.1) is 28.2 Å². The van der Waals surface area contributed by atoms with E-state index in [0.29, 0.717) is 25.3 Å². The van der Waals surface area contributed by atoms with Gasteiger partial charge in [0.2, 0.25) is 10.0 Å². The van der Waals surface area contributed by atoms with Crippen molar-refractivity contribution >= 4 is 26.6 Å². The van der Waals surface area contributed by atoms with E-state index in [1.807, 2.05) is 4.90 Å². The second-order valence-electron chi connectivity index (χ2n) is 6.77. The van der Waals surface area contributed by atoms with Crippen molar-refractivity contribution < 1.29 is 17.7 Å². The first kappa shape index (κ1) is 19.4. The fraction of sp³-hybridized carbons (Fsp3) is 0.278. The van der Waals surface area contributed by atoms with E-state index in [2.05, 4.69) is 5.10 Å². The maximum atomic E-state index is 13.4. The van der Waals surface area contributed by atoms with Crippen molar-refractivity contribution in [1.29, 1.82) is 0 Å². The molecule has 0 bridgehead atoms. The van der Waals surface area contributed by atoms with E-state index in [4.69, 9.17) is 0 Å². The van der Waals surface area contributed by atoms with Gasteiger partial charge in [-0.05, 0) is 24.3 Å². The topological polar surface area (TPSA) is 102 Å². The van der Waals surface area contributed by atoms with E-state index in [0.717, 1.165) is 11.5 Å². The smallest absolute Gasteiger partial charge is 0.271 e. The molecule has 0 atom stereocenters. The van der Waals surface area contributed by atoms with E-state index < -0.39 is 20.8 Å². The van der Waals surface area contributed by atoms with Crippen LogP contribution in [0.15, 0.2) is 53.6 Å². The summed E-state index contributed by atoms with van der Waals surface area (Å²) in [6.45, 7) is 1.84. The molecule has 0 saturated carbocycles. The molecular formula is C18H18FN5O4S. The third kappa shape index (κ3) is 3.84. The van der Waals surface area contributed by atoms with Crippen LogP contribution in [0.4, 0.5) is 10.1 Å². The largest absolute Gasteiger partial charge is 0.282 e. The van der Waals surface area contributed by atoms with Gasteiger partial charge in [-0.25, -0.2) is 12.8 Å². The summed E-state index contributed by atoms with van der Waals surface area (Å²) in [6, 6.07) is 9.55. The van der Waals surface area contributed by atoms with Gasteiger partial charge in [0, 0.05) is 43.7 Å². The highest BCUT2D eigenvalue weighted by Gasteiger charge is 2.29. The molecule has 1 aliphatic heterocycles. The van der Waals surface area contributed by atoms with Crippen LogP contribution in [0.25, 0.3) is 10.9 Å². The van der Waals surface area contributed by atoms with Crippen LogP contribution >= 0.6 is 0 Å². The van der Waals surface area contributed by atoms with E-state index in [9.17, 15) is 22.9 Å². The molecule has 0 aliphatic carbocycles. The van der Waals surface area contributed by atoms with Crippen molar-refractivity contribution in [2.45, 2.75) is 11.6 Å². The summed E-state index contributed by atoms with van der Waals surface area (Å²) in [5, 5.41) is 16.1. The Morgan fingerprint density at radius 3 is 2.55 bits per heavy atom. The SMILES string of the molecule is O=[N+]([O-])c1ccc2cnn(CN3CCN(S(=O)(=O)c4cccc(F)c4)CC3)c2c1. The van der Waals surface area contributed by atoms with Gasteiger partial charge in [0.1, 0.15) is 5.82 Å². The second kappa shape index (κ2) is 7.50. The Kier molecular flexibility index (Phi) is 5.03. The lowest BCUT2D eigenvalue weighted by Crippen LogP contribution is -2.48.